The lowest BCUT2D eigenvalue weighted by Gasteiger charge is -2.22. The normalized spacial score (nSPS) is 13.9. The van der Waals surface area contributed by atoms with Gasteiger partial charge in [-0.3, -0.25) is 4.74 Å². The summed E-state index contributed by atoms with van der Waals surface area (Å²) in [4.78, 5) is 21.8. The fourth-order valence-electron chi connectivity index (χ4n) is 0.802. The fraction of sp³-hybridized carbons (Fsp3) is 0.778. The molecule has 106 valence electrons. The monoisotopic (exact) mass is 273 g/mol. The molecule has 0 aromatic heterocycles. The number of alkyl carbamates (subject to hydrolysis) is 1. The van der Waals surface area contributed by atoms with Crippen LogP contribution in [0, 0.1) is 0 Å². The molecule has 0 radical (unpaired) electrons. The molecule has 0 bridgehead atoms. The molecule has 0 saturated carbocycles. The SMILES string of the molecule is CC(C)(C)OC(=O)N[C@@H](COC(F)(F)F)C(=O)O. The van der Waals surface area contributed by atoms with E-state index in [1.54, 1.807) is 5.32 Å². The standard InChI is InChI=1S/C9H14F3NO5/c1-8(2,3)18-7(16)13-5(6(14)15)4-17-9(10,11)12/h5H,4H2,1-3H3,(H,13,16)(H,14,15)/t5-/m0/s1. The summed E-state index contributed by atoms with van der Waals surface area (Å²) in [7, 11) is 0. The molecule has 0 spiro atoms. The first kappa shape index (κ1) is 16.5. The third-order valence-electron chi connectivity index (χ3n) is 1.40. The van der Waals surface area contributed by atoms with Gasteiger partial charge in [0, 0.05) is 0 Å². The van der Waals surface area contributed by atoms with Crippen molar-refractivity contribution in [1.82, 2.24) is 5.32 Å². The van der Waals surface area contributed by atoms with E-state index in [-0.39, 0.29) is 0 Å². The first-order chi connectivity index (χ1) is 7.91. The second-order valence-electron chi connectivity index (χ2n) is 4.29. The number of amides is 1. The van der Waals surface area contributed by atoms with Gasteiger partial charge in [0.1, 0.15) is 5.60 Å². The molecule has 0 aliphatic rings. The summed E-state index contributed by atoms with van der Waals surface area (Å²) in [5, 5.41) is 10.4. The number of alkyl halides is 3. The highest BCUT2D eigenvalue weighted by molar-refractivity contribution is 5.80. The average Bonchev–Trinajstić information content (AvgIpc) is 2.06. The lowest BCUT2D eigenvalue weighted by molar-refractivity contribution is -0.325. The quantitative estimate of drug-likeness (QED) is 0.810. The second kappa shape index (κ2) is 5.89. The highest BCUT2D eigenvalue weighted by Crippen LogP contribution is 2.16. The number of hydrogen-bond acceptors (Lipinski definition) is 4. The molecule has 9 heteroatoms. The van der Waals surface area contributed by atoms with Crippen molar-refractivity contribution in [1.29, 1.82) is 0 Å². The lowest BCUT2D eigenvalue weighted by Crippen LogP contribution is -2.46. The highest BCUT2D eigenvalue weighted by atomic mass is 19.4. The number of ether oxygens (including phenoxy) is 2. The van der Waals surface area contributed by atoms with E-state index >= 15 is 0 Å². The Morgan fingerprint density at radius 2 is 1.78 bits per heavy atom. The maximum atomic E-state index is 11.7. The first-order valence-electron chi connectivity index (χ1n) is 4.84. The molecule has 0 rings (SSSR count). The van der Waals surface area contributed by atoms with Gasteiger partial charge in [0.15, 0.2) is 6.04 Å². The van der Waals surface area contributed by atoms with Gasteiger partial charge in [-0.2, -0.15) is 0 Å². The number of nitrogens with one attached hydrogen (secondary N) is 1. The Balaban J connectivity index is 4.37. The van der Waals surface area contributed by atoms with Gasteiger partial charge in [-0.1, -0.05) is 0 Å². The van der Waals surface area contributed by atoms with Gasteiger partial charge in [0.2, 0.25) is 0 Å². The number of carbonyl (C=O) groups excluding carboxylic acids is 1. The number of hydrogen-bond donors (Lipinski definition) is 2. The third-order valence-corrected chi connectivity index (χ3v) is 1.40. The molecule has 1 amide bonds. The molecular formula is C9H14F3NO5. The Morgan fingerprint density at radius 3 is 2.11 bits per heavy atom. The van der Waals surface area contributed by atoms with Crippen LogP contribution in [0.4, 0.5) is 18.0 Å². The molecule has 18 heavy (non-hydrogen) atoms. The van der Waals surface area contributed by atoms with Crippen LogP contribution in [0.1, 0.15) is 20.8 Å². The summed E-state index contributed by atoms with van der Waals surface area (Å²) < 4.78 is 43.2. The molecule has 0 aromatic carbocycles. The lowest BCUT2D eigenvalue weighted by atomic mass is 10.2. The Kier molecular flexibility index (Phi) is 5.40. The van der Waals surface area contributed by atoms with Crippen LogP contribution < -0.4 is 5.32 Å². The maximum absolute atomic E-state index is 11.7. The zero-order chi connectivity index (χ0) is 14.6. The van der Waals surface area contributed by atoms with Gasteiger partial charge >= 0.3 is 18.4 Å². The number of halogens is 3. The summed E-state index contributed by atoms with van der Waals surface area (Å²) in [6.07, 6.45) is -6.11. The fourth-order valence-corrected chi connectivity index (χ4v) is 0.802. The number of carboxylic acid groups (broad SMARTS) is 1. The van der Waals surface area contributed by atoms with E-state index in [4.69, 9.17) is 9.84 Å². The molecular weight excluding hydrogens is 259 g/mol. The number of carbonyl (C=O) groups is 2. The van der Waals surface area contributed by atoms with Crippen LogP contribution in [0.2, 0.25) is 0 Å². The van der Waals surface area contributed by atoms with Crippen LogP contribution in [-0.2, 0) is 14.3 Å². The van der Waals surface area contributed by atoms with Crippen LogP contribution in [-0.4, -0.2) is 41.8 Å². The third kappa shape index (κ3) is 8.62. The molecule has 0 fully saturated rings. The van der Waals surface area contributed by atoms with Crippen LogP contribution in [0.25, 0.3) is 0 Å². The Morgan fingerprint density at radius 1 is 1.28 bits per heavy atom. The molecule has 0 aromatic rings. The van der Waals surface area contributed by atoms with Crippen LogP contribution in [0.3, 0.4) is 0 Å². The minimum absolute atomic E-state index is 0.891. The van der Waals surface area contributed by atoms with E-state index in [1.165, 1.54) is 20.8 Å². The molecule has 1 atom stereocenters. The Labute approximate surface area is 101 Å². The molecule has 0 unspecified atom stereocenters. The van der Waals surface area contributed by atoms with E-state index in [0.29, 0.717) is 0 Å². The molecule has 2 N–H and O–H groups in total. The predicted octanol–water partition coefficient (Wildman–Crippen LogP) is 1.50. The van der Waals surface area contributed by atoms with Gasteiger partial charge in [-0.25, -0.2) is 9.59 Å². The number of aliphatic carboxylic acids is 1. The minimum atomic E-state index is -4.97. The van der Waals surface area contributed by atoms with E-state index in [1.807, 2.05) is 0 Å². The van der Waals surface area contributed by atoms with Crippen LogP contribution in [0.5, 0.6) is 0 Å². The van der Waals surface area contributed by atoms with Crippen molar-refractivity contribution in [2.24, 2.45) is 0 Å². The summed E-state index contributed by atoms with van der Waals surface area (Å²) in [5.74, 6) is -1.66. The highest BCUT2D eigenvalue weighted by Gasteiger charge is 2.33. The predicted molar refractivity (Wildman–Crippen MR) is 52.8 cm³/mol. The van der Waals surface area contributed by atoms with E-state index < -0.39 is 36.7 Å². The smallest absolute Gasteiger partial charge is 0.480 e. The minimum Gasteiger partial charge on any atom is -0.480 e. The van der Waals surface area contributed by atoms with E-state index in [0.717, 1.165) is 0 Å². The zero-order valence-corrected chi connectivity index (χ0v) is 10.00. The molecule has 0 saturated heterocycles. The summed E-state index contributed by atoms with van der Waals surface area (Å²) in [6.45, 7) is 3.33. The maximum Gasteiger partial charge on any atom is 0.522 e. The molecule has 0 aliphatic carbocycles. The van der Waals surface area contributed by atoms with Crippen LogP contribution >= 0.6 is 0 Å². The number of carboxylic acids is 1. The van der Waals surface area contributed by atoms with Gasteiger partial charge in [0.25, 0.3) is 0 Å². The van der Waals surface area contributed by atoms with Gasteiger partial charge in [-0.15, -0.1) is 13.2 Å². The summed E-state index contributed by atoms with van der Waals surface area (Å²) in [6, 6.07) is -1.85. The van der Waals surface area contributed by atoms with Crippen molar-refractivity contribution in [2.75, 3.05) is 6.61 Å². The summed E-state index contributed by atoms with van der Waals surface area (Å²) >= 11 is 0. The molecule has 0 heterocycles. The average molecular weight is 273 g/mol. The van der Waals surface area contributed by atoms with Crippen molar-refractivity contribution in [3.05, 3.63) is 0 Å². The topological polar surface area (TPSA) is 84.9 Å². The molecule has 0 aliphatic heterocycles. The van der Waals surface area contributed by atoms with E-state index in [2.05, 4.69) is 4.74 Å². The van der Waals surface area contributed by atoms with Crippen molar-refractivity contribution in [3.63, 3.8) is 0 Å². The molecule has 6 nitrogen and oxygen atoms in total. The second-order valence-corrected chi connectivity index (χ2v) is 4.29. The van der Waals surface area contributed by atoms with Crippen molar-refractivity contribution < 1.29 is 37.3 Å². The van der Waals surface area contributed by atoms with Gasteiger partial charge < -0.3 is 15.2 Å². The van der Waals surface area contributed by atoms with Crippen LogP contribution in [0.15, 0.2) is 0 Å². The number of rotatable bonds is 4. The Hall–Kier alpha value is -1.51. The van der Waals surface area contributed by atoms with Crippen molar-refractivity contribution >= 4 is 12.1 Å². The Bertz CT molecular complexity index is 310. The largest absolute Gasteiger partial charge is 0.522 e. The van der Waals surface area contributed by atoms with Crippen molar-refractivity contribution in [3.8, 4) is 0 Å². The zero-order valence-electron chi connectivity index (χ0n) is 10.00. The summed E-state index contributed by atoms with van der Waals surface area (Å²) in [5.41, 5.74) is -0.891. The van der Waals surface area contributed by atoms with Gasteiger partial charge in [0.05, 0.1) is 6.61 Å². The van der Waals surface area contributed by atoms with Gasteiger partial charge in [-0.05, 0) is 20.8 Å². The van der Waals surface area contributed by atoms with E-state index in [9.17, 15) is 22.8 Å². The van der Waals surface area contributed by atoms with Crippen molar-refractivity contribution in [2.45, 2.75) is 38.8 Å². The first-order valence-corrected chi connectivity index (χ1v) is 4.84.